The van der Waals surface area contributed by atoms with E-state index in [1.807, 2.05) is 24.3 Å². The Balaban J connectivity index is 0.944. The standard InChI is InChI=1S/C51H32N4O2/c1-3-13-31(14-4-1)35-17-7-8-20-40(35)51-53-49(32-15-5-2-6-16-32)52-50(54-51)33-23-25-38-41-29-48-42(30-47(41)56-45(38)27-33)39-26-24-34(28-46(39)57-48)55-43-21-11-9-18-36(43)37-19-10-12-22-44(37)55/h1-30,51H,(H,52,53,54). The third-order valence-corrected chi connectivity index (χ3v) is 11.3. The molecule has 0 saturated carbocycles. The van der Waals surface area contributed by atoms with Crippen LogP contribution in [-0.2, 0) is 0 Å². The molecule has 268 valence electrons. The zero-order chi connectivity index (χ0) is 37.5. The number of para-hydroxylation sites is 2. The van der Waals surface area contributed by atoms with Gasteiger partial charge in [-0.05, 0) is 59.7 Å². The van der Waals surface area contributed by atoms with Crippen molar-refractivity contribution in [3.05, 3.63) is 199 Å². The third-order valence-electron chi connectivity index (χ3n) is 11.3. The zero-order valence-electron chi connectivity index (χ0n) is 30.6. The summed E-state index contributed by atoms with van der Waals surface area (Å²) in [6.07, 6.45) is -0.355. The van der Waals surface area contributed by atoms with Crippen LogP contribution in [0, 0.1) is 0 Å². The lowest BCUT2D eigenvalue weighted by Gasteiger charge is -2.25. The lowest BCUT2D eigenvalue weighted by molar-refractivity contribution is 0.663. The van der Waals surface area contributed by atoms with Crippen molar-refractivity contribution in [1.82, 2.24) is 9.88 Å². The summed E-state index contributed by atoms with van der Waals surface area (Å²) in [5, 5.41) is 10.2. The van der Waals surface area contributed by atoms with Crippen LogP contribution in [0.3, 0.4) is 0 Å². The van der Waals surface area contributed by atoms with E-state index in [1.54, 1.807) is 0 Å². The SMILES string of the molecule is c1ccc(C2=NC(c3ccccc3-c3ccccc3)NC(c3ccc4c(c3)oc3cc5c(cc34)oc3cc(-n4c6ccccc6c6ccccc64)ccc35)=N2)cc1. The minimum Gasteiger partial charge on any atom is -0.456 e. The molecule has 4 heterocycles. The predicted octanol–water partition coefficient (Wildman–Crippen LogP) is 12.7. The zero-order valence-corrected chi connectivity index (χ0v) is 30.6. The molecule has 0 radical (unpaired) electrons. The minimum absolute atomic E-state index is 0.355. The minimum atomic E-state index is -0.355. The maximum absolute atomic E-state index is 6.63. The predicted molar refractivity (Wildman–Crippen MR) is 233 cm³/mol. The first kappa shape index (κ1) is 31.6. The van der Waals surface area contributed by atoms with Crippen molar-refractivity contribution in [2.75, 3.05) is 0 Å². The van der Waals surface area contributed by atoms with Gasteiger partial charge in [0.05, 0.1) is 11.0 Å². The van der Waals surface area contributed by atoms with E-state index in [-0.39, 0.29) is 6.17 Å². The molecule has 1 unspecified atom stereocenters. The van der Waals surface area contributed by atoms with Gasteiger partial charge in [-0.2, -0.15) is 0 Å². The topological polar surface area (TPSA) is 68.0 Å². The molecular weight excluding hydrogens is 701 g/mol. The second-order valence-corrected chi connectivity index (χ2v) is 14.6. The summed E-state index contributed by atoms with van der Waals surface area (Å²) in [6.45, 7) is 0. The number of rotatable bonds is 5. The molecule has 6 heteroatoms. The summed E-state index contributed by atoms with van der Waals surface area (Å²) in [5.41, 5.74) is 11.9. The Morgan fingerprint density at radius 1 is 0.439 bits per heavy atom. The Hall–Kier alpha value is -7.70. The van der Waals surface area contributed by atoms with Crippen molar-refractivity contribution >= 4 is 77.4 Å². The Morgan fingerprint density at radius 3 is 1.70 bits per heavy atom. The van der Waals surface area contributed by atoms with Gasteiger partial charge in [-0.3, -0.25) is 0 Å². The van der Waals surface area contributed by atoms with Crippen LogP contribution in [-0.4, -0.2) is 16.2 Å². The van der Waals surface area contributed by atoms with Crippen LogP contribution in [0.15, 0.2) is 201 Å². The van der Waals surface area contributed by atoms with Crippen LogP contribution >= 0.6 is 0 Å². The maximum Gasteiger partial charge on any atom is 0.159 e. The Kier molecular flexibility index (Phi) is 6.89. The van der Waals surface area contributed by atoms with Gasteiger partial charge in [0.2, 0.25) is 0 Å². The monoisotopic (exact) mass is 732 g/mol. The molecule has 6 nitrogen and oxygen atoms in total. The lowest BCUT2D eigenvalue weighted by Crippen LogP contribution is -2.33. The highest BCUT2D eigenvalue weighted by molar-refractivity contribution is 6.18. The highest BCUT2D eigenvalue weighted by atomic mass is 16.3. The van der Waals surface area contributed by atoms with Crippen LogP contribution in [0.25, 0.3) is 82.5 Å². The van der Waals surface area contributed by atoms with E-state index in [4.69, 9.17) is 18.8 Å². The first-order chi connectivity index (χ1) is 28.2. The number of aromatic nitrogens is 1. The molecule has 1 N–H and O–H groups in total. The Labute approximate surface area is 326 Å². The fourth-order valence-corrected chi connectivity index (χ4v) is 8.61. The molecule has 0 saturated heterocycles. The van der Waals surface area contributed by atoms with E-state index < -0.39 is 0 Å². The molecule has 3 aromatic heterocycles. The highest BCUT2D eigenvalue weighted by Crippen LogP contribution is 2.39. The number of hydrogen-bond donors (Lipinski definition) is 1. The first-order valence-corrected chi connectivity index (χ1v) is 19.2. The van der Waals surface area contributed by atoms with Crippen LogP contribution in [0.2, 0.25) is 0 Å². The number of furan rings is 2. The van der Waals surface area contributed by atoms with Crippen LogP contribution in [0.4, 0.5) is 0 Å². The van der Waals surface area contributed by atoms with Gasteiger partial charge in [0, 0.05) is 60.8 Å². The number of nitrogens with one attached hydrogen (secondary N) is 1. The van der Waals surface area contributed by atoms with Crippen molar-refractivity contribution in [2.24, 2.45) is 9.98 Å². The third kappa shape index (κ3) is 5.04. The fraction of sp³-hybridized carbons (Fsp3) is 0.0196. The lowest BCUT2D eigenvalue weighted by atomic mass is 9.97. The molecule has 0 amide bonds. The summed E-state index contributed by atoms with van der Waals surface area (Å²) in [4.78, 5) is 10.2. The van der Waals surface area contributed by atoms with Crippen LogP contribution in [0.1, 0.15) is 22.9 Å². The number of aliphatic imine (C=N–C) groups is 2. The van der Waals surface area contributed by atoms with Crippen LogP contribution in [0.5, 0.6) is 0 Å². The molecule has 12 rings (SSSR count). The van der Waals surface area contributed by atoms with Crippen molar-refractivity contribution in [2.45, 2.75) is 6.17 Å². The molecule has 0 aliphatic carbocycles. The number of nitrogens with zero attached hydrogens (tertiary/aromatic N) is 3. The fourth-order valence-electron chi connectivity index (χ4n) is 8.61. The van der Waals surface area contributed by atoms with Gasteiger partial charge in [-0.25, -0.2) is 9.98 Å². The van der Waals surface area contributed by atoms with Gasteiger partial charge in [-0.15, -0.1) is 0 Å². The van der Waals surface area contributed by atoms with Gasteiger partial charge in [0.15, 0.2) is 5.84 Å². The van der Waals surface area contributed by atoms with Crippen molar-refractivity contribution in [3.8, 4) is 16.8 Å². The summed E-state index contributed by atoms with van der Waals surface area (Å²) >= 11 is 0. The van der Waals surface area contributed by atoms with E-state index in [0.29, 0.717) is 5.84 Å². The molecular formula is C51H32N4O2. The largest absolute Gasteiger partial charge is 0.456 e. The average Bonchev–Trinajstić information content (AvgIpc) is 3.94. The Morgan fingerprint density at radius 2 is 1.00 bits per heavy atom. The summed E-state index contributed by atoms with van der Waals surface area (Å²) in [7, 11) is 0. The molecule has 1 aliphatic heterocycles. The van der Waals surface area contributed by atoms with E-state index >= 15 is 0 Å². The average molecular weight is 733 g/mol. The quantitative estimate of drug-likeness (QED) is 0.192. The molecule has 8 aromatic carbocycles. The smallest absolute Gasteiger partial charge is 0.159 e. The van der Waals surface area contributed by atoms with Crippen molar-refractivity contribution in [3.63, 3.8) is 0 Å². The van der Waals surface area contributed by atoms with Gasteiger partial charge in [0.25, 0.3) is 0 Å². The van der Waals surface area contributed by atoms with Gasteiger partial charge < -0.3 is 18.7 Å². The molecule has 57 heavy (non-hydrogen) atoms. The van der Waals surface area contributed by atoms with E-state index in [1.165, 1.54) is 21.8 Å². The molecule has 0 fully saturated rings. The number of benzene rings is 8. The summed E-state index contributed by atoms with van der Waals surface area (Å²) < 4.78 is 15.6. The first-order valence-electron chi connectivity index (χ1n) is 19.2. The number of fused-ring (bicyclic) bond motifs is 9. The molecule has 0 bridgehead atoms. The highest BCUT2D eigenvalue weighted by Gasteiger charge is 2.24. The van der Waals surface area contributed by atoms with Gasteiger partial charge in [-0.1, -0.05) is 127 Å². The van der Waals surface area contributed by atoms with Crippen LogP contribution < -0.4 is 5.32 Å². The molecule has 11 aromatic rings. The van der Waals surface area contributed by atoms with Gasteiger partial charge >= 0.3 is 0 Å². The number of amidine groups is 2. The van der Waals surface area contributed by atoms with E-state index in [9.17, 15) is 0 Å². The normalized spacial score (nSPS) is 14.5. The van der Waals surface area contributed by atoms with E-state index in [0.717, 1.165) is 83.2 Å². The molecule has 1 aliphatic rings. The van der Waals surface area contributed by atoms with Crippen molar-refractivity contribution < 1.29 is 8.83 Å². The molecule has 1 atom stereocenters. The summed E-state index contributed by atoms with van der Waals surface area (Å²) in [6, 6.07) is 63.2. The summed E-state index contributed by atoms with van der Waals surface area (Å²) in [5.74, 6) is 1.41. The maximum atomic E-state index is 6.63. The van der Waals surface area contributed by atoms with E-state index in [2.05, 4.69) is 168 Å². The Bertz CT molecular complexity index is 3390. The van der Waals surface area contributed by atoms with Gasteiger partial charge in [0.1, 0.15) is 34.3 Å². The molecule has 0 spiro atoms. The second kappa shape index (κ2) is 12.4. The van der Waals surface area contributed by atoms with Crippen molar-refractivity contribution in [1.29, 1.82) is 0 Å². The second-order valence-electron chi connectivity index (χ2n) is 14.6. The number of hydrogen-bond acceptors (Lipinski definition) is 5.